The minimum Gasteiger partial charge on any atom is -0.369 e. The van der Waals surface area contributed by atoms with Crippen molar-refractivity contribution in [3.8, 4) is 11.8 Å². The van der Waals surface area contributed by atoms with Crippen molar-refractivity contribution in [3.05, 3.63) is 113 Å². The molecule has 0 aromatic heterocycles. The Bertz CT molecular complexity index is 2220. The van der Waals surface area contributed by atoms with Gasteiger partial charge in [-0.05, 0) is 119 Å². The van der Waals surface area contributed by atoms with Crippen LogP contribution in [0.3, 0.4) is 0 Å². The van der Waals surface area contributed by atoms with Crippen molar-refractivity contribution in [3.63, 3.8) is 0 Å². The third kappa shape index (κ3) is 10.4. The van der Waals surface area contributed by atoms with Gasteiger partial charge in [-0.2, -0.15) is 0 Å². The Labute approximate surface area is 364 Å². The number of carbonyl (C=O) groups excluding carboxylic acids is 6. The van der Waals surface area contributed by atoms with E-state index >= 15 is 0 Å². The maximum atomic E-state index is 14.5. The molecule has 326 valence electrons. The molecule has 6 amide bonds. The number of carbonyl (C=O) groups is 6. The minimum atomic E-state index is -1.17. The van der Waals surface area contributed by atoms with Gasteiger partial charge in [-0.15, -0.1) is 0 Å². The van der Waals surface area contributed by atoms with Gasteiger partial charge in [-0.1, -0.05) is 67.3 Å². The summed E-state index contributed by atoms with van der Waals surface area (Å²) < 4.78 is 0. The highest BCUT2D eigenvalue weighted by atomic mass is 16.2. The van der Waals surface area contributed by atoms with Crippen molar-refractivity contribution < 1.29 is 28.8 Å². The van der Waals surface area contributed by atoms with Gasteiger partial charge in [0.2, 0.25) is 35.4 Å². The predicted octanol–water partition coefficient (Wildman–Crippen LogP) is 3.46. The van der Waals surface area contributed by atoms with Gasteiger partial charge in [-0.25, -0.2) is 0 Å². The molecule has 14 heteroatoms. The van der Waals surface area contributed by atoms with Crippen molar-refractivity contribution in [2.75, 3.05) is 45.6 Å². The highest BCUT2D eigenvalue weighted by Gasteiger charge is 2.49. The van der Waals surface area contributed by atoms with Crippen LogP contribution in [0.2, 0.25) is 0 Å². The van der Waals surface area contributed by atoms with Gasteiger partial charge in [0.25, 0.3) is 0 Å². The number of nitrogens with two attached hydrogens (primary N) is 2. The molecule has 2 aliphatic carbocycles. The molecule has 0 saturated carbocycles. The van der Waals surface area contributed by atoms with Crippen LogP contribution in [0.25, 0.3) is 0 Å². The first kappa shape index (κ1) is 45.2. The number of anilines is 1. The number of rotatable bonds is 15. The molecular weight excluding hydrogens is 785 g/mol. The highest BCUT2D eigenvalue weighted by Crippen LogP contribution is 2.36. The molecule has 4 aliphatic rings. The second-order valence-corrected chi connectivity index (χ2v) is 16.4. The standard InChI is InChI=1S/C48H58N8O6/c1-4-48(54(3)32-42(50)58,36-15-9-6-10-16-36)47(62)56-30-12-18-40(56)45(60)52-38-27-23-34(24-28-38)20-19-33-21-25-37(26-22-33)51-44(59)39-17-11-29-55(39)46(61)43(53(2)31-41(49)57)35-13-7-5-8-14-35/h6-7,9-10,13-16,21-23,25-27,39-40,43H,4-5,8,11-12,17-18,24,28-32H2,1-3H3,(H2,49,57)(H2,50,58)(H,51,59)(H,52,60)/t39-,40-,43?,48?/m0/s1. The summed E-state index contributed by atoms with van der Waals surface area (Å²) in [6.07, 6.45) is 15.3. The zero-order chi connectivity index (χ0) is 44.4. The number of likely N-dealkylation sites (tertiary alicyclic amines) is 2. The van der Waals surface area contributed by atoms with Crippen LogP contribution in [-0.2, 0) is 34.3 Å². The molecule has 2 heterocycles. The summed E-state index contributed by atoms with van der Waals surface area (Å²) in [5.41, 5.74) is 14.4. The lowest BCUT2D eigenvalue weighted by Gasteiger charge is -2.43. The number of nitrogens with zero attached hydrogens (tertiary/aromatic N) is 4. The summed E-state index contributed by atoms with van der Waals surface area (Å²) in [4.78, 5) is 86.1. The Morgan fingerprint density at radius 1 is 0.806 bits per heavy atom. The quantitative estimate of drug-likeness (QED) is 0.196. The van der Waals surface area contributed by atoms with Gasteiger partial charge in [0.05, 0.1) is 13.1 Å². The molecule has 2 unspecified atom stereocenters. The number of nitrogens with one attached hydrogen (secondary N) is 2. The van der Waals surface area contributed by atoms with Crippen LogP contribution >= 0.6 is 0 Å². The monoisotopic (exact) mass is 842 g/mol. The van der Waals surface area contributed by atoms with E-state index in [4.69, 9.17) is 11.5 Å². The fourth-order valence-corrected chi connectivity index (χ4v) is 9.06. The molecule has 2 fully saturated rings. The molecule has 2 aliphatic heterocycles. The lowest BCUT2D eigenvalue weighted by Crippen LogP contribution is -2.59. The Morgan fingerprint density at radius 2 is 1.47 bits per heavy atom. The van der Waals surface area contributed by atoms with Crippen LogP contribution in [0.15, 0.2) is 102 Å². The van der Waals surface area contributed by atoms with Crippen molar-refractivity contribution >= 4 is 41.1 Å². The SMILES string of the molecule is CCC(C(=O)N1CCC[C@H]1C(=O)NC1=CC=C(C#Cc2ccc(NC(=O)[C@@H]3CCCN3C(=O)C(C3=CCCC=C3)N(C)CC(N)=O)cc2)CC1)(c1ccccc1)N(C)CC(N)=O. The Kier molecular flexibility index (Phi) is 15.0. The Morgan fingerprint density at radius 3 is 2.08 bits per heavy atom. The lowest BCUT2D eigenvalue weighted by molar-refractivity contribution is -0.150. The van der Waals surface area contributed by atoms with Gasteiger partial charge in [0, 0.05) is 35.6 Å². The van der Waals surface area contributed by atoms with E-state index in [0.29, 0.717) is 63.7 Å². The molecule has 2 saturated heterocycles. The smallest absolute Gasteiger partial charge is 0.248 e. The number of amides is 6. The molecule has 0 radical (unpaired) electrons. The average molecular weight is 843 g/mol. The first-order valence-electron chi connectivity index (χ1n) is 21.5. The Balaban J connectivity index is 1.06. The minimum absolute atomic E-state index is 0.0873. The first-order chi connectivity index (χ1) is 29.8. The van der Waals surface area contributed by atoms with Crippen LogP contribution in [0.4, 0.5) is 5.69 Å². The van der Waals surface area contributed by atoms with Crippen molar-refractivity contribution in [2.24, 2.45) is 11.5 Å². The van der Waals surface area contributed by atoms with Gasteiger partial charge < -0.3 is 31.9 Å². The van der Waals surface area contributed by atoms with E-state index in [0.717, 1.165) is 40.8 Å². The van der Waals surface area contributed by atoms with Crippen LogP contribution in [0, 0.1) is 11.8 Å². The van der Waals surface area contributed by atoms with Gasteiger partial charge >= 0.3 is 0 Å². The summed E-state index contributed by atoms with van der Waals surface area (Å²) >= 11 is 0. The summed E-state index contributed by atoms with van der Waals surface area (Å²) in [5.74, 6) is 4.35. The fourth-order valence-electron chi connectivity index (χ4n) is 9.06. The second-order valence-electron chi connectivity index (χ2n) is 16.4. The normalized spacial score (nSPS) is 20.0. The van der Waals surface area contributed by atoms with Crippen LogP contribution in [0.5, 0.6) is 0 Å². The summed E-state index contributed by atoms with van der Waals surface area (Å²) in [5, 5.41) is 6.03. The van der Waals surface area contributed by atoms with Gasteiger partial charge in [0.1, 0.15) is 23.7 Å². The van der Waals surface area contributed by atoms with E-state index < -0.39 is 35.5 Å². The van der Waals surface area contributed by atoms with E-state index in [9.17, 15) is 28.8 Å². The molecule has 0 spiro atoms. The maximum Gasteiger partial charge on any atom is 0.248 e. The lowest BCUT2D eigenvalue weighted by atomic mass is 9.83. The van der Waals surface area contributed by atoms with E-state index in [1.165, 1.54) is 0 Å². The molecule has 14 nitrogen and oxygen atoms in total. The zero-order valence-corrected chi connectivity index (χ0v) is 35.9. The summed E-state index contributed by atoms with van der Waals surface area (Å²) in [6.45, 7) is 2.57. The summed E-state index contributed by atoms with van der Waals surface area (Å²) in [6, 6.07) is 14.5. The average Bonchev–Trinajstić information content (AvgIpc) is 3.96. The second kappa shape index (κ2) is 20.5. The predicted molar refractivity (Wildman–Crippen MR) is 237 cm³/mol. The summed E-state index contributed by atoms with van der Waals surface area (Å²) in [7, 11) is 3.42. The topological polar surface area (TPSA) is 191 Å². The van der Waals surface area contributed by atoms with E-state index in [-0.39, 0.29) is 36.7 Å². The van der Waals surface area contributed by atoms with Crippen LogP contribution in [0.1, 0.15) is 75.8 Å². The number of primary amides is 2. The first-order valence-corrected chi connectivity index (χ1v) is 21.5. The zero-order valence-electron chi connectivity index (χ0n) is 35.9. The molecule has 2 aromatic carbocycles. The van der Waals surface area contributed by atoms with Crippen LogP contribution < -0.4 is 22.1 Å². The number of allylic oxidation sites excluding steroid dienone is 6. The Hall–Kier alpha value is -6.30. The van der Waals surface area contributed by atoms with Crippen molar-refractivity contribution in [2.45, 2.75) is 88.4 Å². The van der Waals surface area contributed by atoms with Gasteiger partial charge in [-0.3, -0.25) is 38.6 Å². The van der Waals surface area contributed by atoms with Gasteiger partial charge in [0.15, 0.2) is 0 Å². The van der Waals surface area contributed by atoms with E-state index in [1.54, 1.807) is 45.8 Å². The number of likely N-dealkylation sites (N-methyl/N-ethyl adjacent to an activating group) is 2. The number of benzene rings is 2. The largest absolute Gasteiger partial charge is 0.369 e. The molecular formula is C48H58N8O6. The third-order valence-electron chi connectivity index (χ3n) is 12.2. The molecule has 6 rings (SSSR count). The molecule has 2 aromatic rings. The number of hydrogen-bond acceptors (Lipinski definition) is 8. The van der Waals surface area contributed by atoms with Crippen molar-refractivity contribution in [1.29, 1.82) is 0 Å². The third-order valence-corrected chi connectivity index (χ3v) is 12.2. The highest BCUT2D eigenvalue weighted by molar-refractivity contribution is 5.99. The molecule has 6 N–H and O–H groups in total. The fraction of sp³-hybridized carbons (Fsp3) is 0.417. The maximum absolute atomic E-state index is 14.5. The van der Waals surface area contributed by atoms with Crippen LogP contribution in [-0.4, -0.2) is 113 Å². The molecule has 4 atom stereocenters. The molecule has 0 bridgehead atoms. The van der Waals surface area contributed by atoms with Crippen molar-refractivity contribution in [1.82, 2.24) is 24.9 Å². The molecule has 62 heavy (non-hydrogen) atoms. The van der Waals surface area contributed by atoms with E-state index in [1.807, 2.05) is 79.8 Å². The number of hydrogen-bond donors (Lipinski definition) is 4. The van der Waals surface area contributed by atoms with E-state index in [2.05, 4.69) is 22.5 Å².